The van der Waals surface area contributed by atoms with Crippen molar-refractivity contribution in [2.75, 3.05) is 11.9 Å². The lowest BCUT2D eigenvalue weighted by Crippen LogP contribution is -2.52. The average Bonchev–Trinajstić information content (AvgIpc) is 3.10. The van der Waals surface area contributed by atoms with Gasteiger partial charge in [0.1, 0.15) is 18.4 Å². The third-order valence-corrected chi connectivity index (χ3v) is 4.25. The van der Waals surface area contributed by atoms with E-state index < -0.39 is 36.4 Å². The summed E-state index contributed by atoms with van der Waals surface area (Å²) in [5.41, 5.74) is 0.802. The van der Waals surface area contributed by atoms with E-state index in [2.05, 4.69) is 10.6 Å². The van der Waals surface area contributed by atoms with Crippen molar-refractivity contribution in [1.82, 2.24) is 10.2 Å². The van der Waals surface area contributed by atoms with Gasteiger partial charge in [0.25, 0.3) is 0 Å². The number of para-hydroxylation sites is 1. The topological polar surface area (TPSA) is 116 Å². The molecule has 8 nitrogen and oxygen atoms in total. The number of nitrogens with one attached hydrogen (secondary N) is 2. The summed E-state index contributed by atoms with van der Waals surface area (Å²) in [4.78, 5) is 48.3. The highest BCUT2D eigenvalue weighted by Crippen LogP contribution is 2.20. The molecule has 0 bridgehead atoms. The molecule has 0 aliphatic carbocycles. The highest BCUT2D eigenvalue weighted by molar-refractivity contribution is 5.92. The van der Waals surface area contributed by atoms with Gasteiger partial charge in [-0.3, -0.25) is 14.4 Å². The van der Waals surface area contributed by atoms with Gasteiger partial charge < -0.3 is 25.4 Å². The molecule has 0 saturated carbocycles. The van der Waals surface area contributed by atoms with E-state index in [-0.39, 0.29) is 5.91 Å². The molecular formula is C18H23N3O5. The molecule has 1 fully saturated rings. The molecule has 2 amide bonds. The van der Waals surface area contributed by atoms with Crippen LogP contribution in [-0.4, -0.2) is 58.7 Å². The standard InChI is InChI=1S/C18H23N3O5/c1-12(19-13-6-3-2-4-7-13)18(26)21-9-5-8-15(21)17(25)20-14(11-22)10-16(23)24/h2-4,6-7,11-12,14-15,19H,5,8-10H2,1H3,(H,20,25)(H,23,24)/t12-,14?,15?/m0/s1. The van der Waals surface area contributed by atoms with E-state index in [1.165, 1.54) is 4.90 Å². The van der Waals surface area contributed by atoms with Crippen LogP contribution in [0.3, 0.4) is 0 Å². The second-order valence-corrected chi connectivity index (χ2v) is 6.27. The van der Waals surface area contributed by atoms with Crippen LogP contribution in [0, 0.1) is 0 Å². The molecule has 3 atom stereocenters. The van der Waals surface area contributed by atoms with Crippen LogP contribution in [-0.2, 0) is 19.2 Å². The van der Waals surface area contributed by atoms with Crippen molar-refractivity contribution < 1.29 is 24.3 Å². The fraction of sp³-hybridized carbons (Fsp3) is 0.444. The molecule has 2 rings (SSSR count). The number of benzene rings is 1. The lowest BCUT2D eigenvalue weighted by Gasteiger charge is -2.28. The number of aldehydes is 1. The maximum atomic E-state index is 12.7. The number of hydrogen-bond acceptors (Lipinski definition) is 5. The van der Waals surface area contributed by atoms with E-state index in [1.807, 2.05) is 30.3 Å². The molecule has 1 aliphatic rings. The Bertz CT molecular complexity index is 664. The van der Waals surface area contributed by atoms with Crippen LogP contribution < -0.4 is 10.6 Å². The van der Waals surface area contributed by atoms with Crippen LogP contribution in [0.2, 0.25) is 0 Å². The second kappa shape index (κ2) is 8.98. The van der Waals surface area contributed by atoms with Crippen molar-refractivity contribution in [3.05, 3.63) is 30.3 Å². The number of carboxylic acids is 1. The Morgan fingerprint density at radius 2 is 2.00 bits per heavy atom. The quantitative estimate of drug-likeness (QED) is 0.585. The summed E-state index contributed by atoms with van der Waals surface area (Å²) in [5.74, 6) is -1.89. The fourth-order valence-corrected chi connectivity index (χ4v) is 3.00. The molecule has 140 valence electrons. The number of carboxylic acid groups (broad SMARTS) is 1. The molecule has 8 heteroatoms. The van der Waals surface area contributed by atoms with Gasteiger partial charge >= 0.3 is 5.97 Å². The van der Waals surface area contributed by atoms with Crippen molar-refractivity contribution in [1.29, 1.82) is 0 Å². The van der Waals surface area contributed by atoms with Crippen LogP contribution in [0.15, 0.2) is 30.3 Å². The summed E-state index contributed by atoms with van der Waals surface area (Å²) in [6, 6.07) is 6.96. The Hall–Kier alpha value is -2.90. The summed E-state index contributed by atoms with van der Waals surface area (Å²) >= 11 is 0. The zero-order valence-corrected chi connectivity index (χ0v) is 14.6. The first-order chi connectivity index (χ1) is 12.4. The lowest BCUT2D eigenvalue weighted by molar-refractivity contribution is -0.141. The normalized spacial score (nSPS) is 18.7. The Morgan fingerprint density at radius 1 is 1.31 bits per heavy atom. The van der Waals surface area contributed by atoms with Crippen molar-refractivity contribution in [3.63, 3.8) is 0 Å². The average molecular weight is 361 g/mol. The maximum Gasteiger partial charge on any atom is 0.305 e. The summed E-state index contributed by atoms with van der Waals surface area (Å²) in [6.45, 7) is 2.17. The predicted octanol–water partition coefficient (Wildman–Crippen LogP) is 0.636. The molecule has 1 aromatic rings. The van der Waals surface area contributed by atoms with Gasteiger partial charge in [-0.15, -0.1) is 0 Å². The highest BCUT2D eigenvalue weighted by atomic mass is 16.4. The van der Waals surface area contributed by atoms with Gasteiger partial charge in [0, 0.05) is 12.2 Å². The Labute approximate surface area is 151 Å². The summed E-state index contributed by atoms with van der Waals surface area (Å²) in [6.07, 6.45) is 1.06. The maximum absolute atomic E-state index is 12.7. The largest absolute Gasteiger partial charge is 0.481 e. The number of likely N-dealkylation sites (tertiary alicyclic amines) is 1. The number of amides is 2. The van der Waals surface area contributed by atoms with Gasteiger partial charge in [-0.1, -0.05) is 18.2 Å². The number of carbonyl (C=O) groups is 4. The SMILES string of the molecule is C[C@H](Nc1ccccc1)C(=O)N1CCCC1C(=O)NC(C=O)CC(=O)O. The van der Waals surface area contributed by atoms with E-state index in [9.17, 15) is 19.2 Å². The first kappa shape index (κ1) is 19.4. The van der Waals surface area contributed by atoms with Crippen molar-refractivity contribution >= 4 is 29.8 Å². The van der Waals surface area contributed by atoms with Crippen molar-refractivity contribution in [2.45, 2.75) is 44.3 Å². The lowest BCUT2D eigenvalue weighted by atomic mass is 10.1. The van der Waals surface area contributed by atoms with Crippen LogP contribution in [0.4, 0.5) is 5.69 Å². The number of hydrogen-bond donors (Lipinski definition) is 3. The number of anilines is 1. The molecule has 0 radical (unpaired) electrons. The summed E-state index contributed by atoms with van der Waals surface area (Å²) < 4.78 is 0. The third kappa shape index (κ3) is 5.05. The summed E-state index contributed by atoms with van der Waals surface area (Å²) in [7, 11) is 0. The van der Waals surface area contributed by atoms with Crippen LogP contribution in [0.25, 0.3) is 0 Å². The molecule has 1 heterocycles. The van der Waals surface area contributed by atoms with E-state index in [0.29, 0.717) is 25.7 Å². The van der Waals surface area contributed by atoms with E-state index in [0.717, 1.165) is 5.69 Å². The number of carbonyl (C=O) groups excluding carboxylic acids is 3. The molecule has 3 N–H and O–H groups in total. The predicted molar refractivity (Wildman–Crippen MR) is 94.5 cm³/mol. The second-order valence-electron chi connectivity index (χ2n) is 6.27. The van der Waals surface area contributed by atoms with Crippen LogP contribution in [0.1, 0.15) is 26.2 Å². The molecule has 1 aromatic carbocycles. The minimum Gasteiger partial charge on any atom is -0.481 e. The minimum absolute atomic E-state index is 0.215. The van der Waals surface area contributed by atoms with Crippen LogP contribution in [0.5, 0.6) is 0 Å². The highest BCUT2D eigenvalue weighted by Gasteiger charge is 2.36. The van der Waals surface area contributed by atoms with E-state index >= 15 is 0 Å². The molecule has 0 spiro atoms. The molecule has 1 aliphatic heterocycles. The van der Waals surface area contributed by atoms with E-state index in [4.69, 9.17) is 5.11 Å². The number of aliphatic carboxylic acids is 1. The van der Waals surface area contributed by atoms with Gasteiger partial charge in [-0.2, -0.15) is 0 Å². The van der Waals surface area contributed by atoms with Crippen molar-refractivity contribution in [2.24, 2.45) is 0 Å². The Kier molecular flexibility index (Phi) is 6.71. The Balaban J connectivity index is 1.99. The third-order valence-electron chi connectivity index (χ3n) is 4.25. The minimum atomic E-state index is -1.18. The van der Waals surface area contributed by atoms with Gasteiger partial charge in [0.2, 0.25) is 11.8 Å². The molecule has 1 saturated heterocycles. The van der Waals surface area contributed by atoms with Crippen LogP contribution >= 0.6 is 0 Å². The number of rotatable bonds is 8. The zero-order chi connectivity index (χ0) is 19.1. The zero-order valence-electron chi connectivity index (χ0n) is 14.6. The fourth-order valence-electron chi connectivity index (χ4n) is 3.00. The monoisotopic (exact) mass is 361 g/mol. The molecule has 2 unspecified atom stereocenters. The molecular weight excluding hydrogens is 338 g/mol. The van der Waals surface area contributed by atoms with Gasteiger partial charge in [-0.25, -0.2) is 0 Å². The van der Waals surface area contributed by atoms with E-state index in [1.54, 1.807) is 6.92 Å². The smallest absolute Gasteiger partial charge is 0.305 e. The van der Waals surface area contributed by atoms with Gasteiger partial charge in [0.05, 0.1) is 12.5 Å². The first-order valence-corrected chi connectivity index (χ1v) is 8.52. The summed E-state index contributed by atoms with van der Waals surface area (Å²) in [5, 5.41) is 14.3. The van der Waals surface area contributed by atoms with Gasteiger partial charge in [0.15, 0.2) is 0 Å². The van der Waals surface area contributed by atoms with Gasteiger partial charge in [-0.05, 0) is 31.9 Å². The molecule has 26 heavy (non-hydrogen) atoms. The first-order valence-electron chi connectivity index (χ1n) is 8.52. The van der Waals surface area contributed by atoms with Crippen molar-refractivity contribution in [3.8, 4) is 0 Å². The number of nitrogens with zero attached hydrogens (tertiary/aromatic N) is 1. The Morgan fingerprint density at radius 3 is 2.62 bits per heavy atom. The molecule has 0 aromatic heterocycles.